The molecule has 0 fully saturated rings. The van der Waals surface area contributed by atoms with Gasteiger partial charge in [-0.15, -0.1) is 0 Å². The van der Waals surface area contributed by atoms with Crippen molar-refractivity contribution in [1.82, 2.24) is 5.32 Å². The summed E-state index contributed by atoms with van der Waals surface area (Å²) in [5, 5.41) is 5.41. The highest BCUT2D eigenvalue weighted by Crippen LogP contribution is 2.08. The van der Waals surface area contributed by atoms with Crippen LogP contribution >= 0.6 is 0 Å². The van der Waals surface area contributed by atoms with Crippen LogP contribution in [0.2, 0.25) is 0 Å². The predicted octanol–water partition coefficient (Wildman–Crippen LogP) is 0.696. The fourth-order valence-electron chi connectivity index (χ4n) is 1.28. The highest BCUT2D eigenvalue weighted by Gasteiger charge is 2.04. The summed E-state index contributed by atoms with van der Waals surface area (Å²) in [4.78, 5) is 22.2. The number of hydrogen-bond donors (Lipinski definition) is 2. The van der Waals surface area contributed by atoms with Crippen LogP contribution in [0.15, 0.2) is 24.3 Å². The number of ether oxygens (including phenoxy) is 1. The molecule has 2 N–H and O–H groups in total. The molecule has 0 bridgehead atoms. The molecule has 0 aliphatic heterocycles. The summed E-state index contributed by atoms with van der Waals surface area (Å²) < 4.78 is 4.43. The van der Waals surface area contributed by atoms with E-state index in [4.69, 9.17) is 0 Å². The average Bonchev–Trinajstić information content (AvgIpc) is 2.28. The lowest BCUT2D eigenvalue weighted by Crippen LogP contribution is -2.32. The van der Waals surface area contributed by atoms with Gasteiger partial charge in [0.25, 0.3) is 0 Å². The van der Waals surface area contributed by atoms with Crippen LogP contribution in [0.3, 0.4) is 0 Å². The summed E-state index contributed by atoms with van der Waals surface area (Å²) in [5.41, 5.74) is 1.82. The predicted molar refractivity (Wildman–Crippen MR) is 64.7 cm³/mol. The maximum absolute atomic E-state index is 11.5. The van der Waals surface area contributed by atoms with E-state index in [1.807, 2.05) is 31.2 Å². The minimum atomic E-state index is -0.395. The van der Waals surface area contributed by atoms with Crippen molar-refractivity contribution >= 4 is 17.6 Å². The molecule has 0 heterocycles. The van der Waals surface area contributed by atoms with Crippen LogP contribution in [0, 0.1) is 6.92 Å². The first-order valence-electron chi connectivity index (χ1n) is 5.26. The van der Waals surface area contributed by atoms with Crippen molar-refractivity contribution in [3.63, 3.8) is 0 Å². The highest BCUT2D eigenvalue weighted by molar-refractivity contribution is 5.92. The van der Waals surface area contributed by atoms with Crippen LogP contribution in [0.4, 0.5) is 5.69 Å². The highest BCUT2D eigenvalue weighted by atomic mass is 16.5. The second-order valence-corrected chi connectivity index (χ2v) is 3.60. The maximum Gasteiger partial charge on any atom is 0.319 e. The Bertz CT molecular complexity index is 404. The summed E-state index contributed by atoms with van der Waals surface area (Å²) in [6.45, 7) is 2.05. The number of hydrogen-bond acceptors (Lipinski definition) is 4. The summed E-state index contributed by atoms with van der Waals surface area (Å²) in [6, 6.07) is 7.50. The number of esters is 1. The Morgan fingerprint density at radius 2 is 2.06 bits per heavy atom. The van der Waals surface area contributed by atoms with Crippen LogP contribution in [-0.2, 0) is 14.3 Å². The number of rotatable bonds is 5. The molecule has 1 aromatic rings. The van der Waals surface area contributed by atoms with Crippen LogP contribution < -0.4 is 10.6 Å². The molecule has 1 rings (SSSR count). The summed E-state index contributed by atoms with van der Waals surface area (Å²) in [5.74, 6) is -0.590. The van der Waals surface area contributed by atoms with Gasteiger partial charge < -0.3 is 10.1 Å². The third-order valence-corrected chi connectivity index (χ3v) is 2.08. The number of nitrogens with one attached hydrogen (secondary N) is 2. The van der Waals surface area contributed by atoms with Crippen LogP contribution in [0.25, 0.3) is 0 Å². The van der Waals surface area contributed by atoms with Gasteiger partial charge in [0, 0.05) is 5.69 Å². The molecule has 1 aromatic carbocycles. The topological polar surface area (TPSA) is 67.4 Å². The van der Waals surface area contributed by atoms with Gasteiger partial charge in [-0.3, -0.25) is 14.9 Å². The Balaban J connectivity index is 2.32. The Morgan fingerprint density at radius 1 is 1.29 bits per heavy atom. The average molecular weight is 236 g/mol. The van der Waals surface area contributed by atoms with Gasteiger partial charge in [-0.1, -0.05) is 12.1 Å². The Hall–Kier alpha value is -1.88. The molecule has 0 aliphatic carbocycles. The van der Waals surface area contributed by atoms with Crippen molar-refractivity contribution in [2.75, 3.05) is 25.5 Å². The monoisotopic (exact) mass is 236 g/mol. The summed E-state index contributed by atoms with van der Waals surface area (Å²) >= 11 is 0. The SMILES string of the molecule is COC(=O)CNCC(=O)Nc1cccc(C)c1. The first-order chi connectivity index (χ1) is 8.11. The van der Waals surface area contributed by atoms with E-state index in [2.05, 4.69) is 15.4 Å². The lowest BCUT2D eigenvalue weighted by Gasteiger charge is -2.06. The van der Waals surface area contributed by atoms with E-state index in [0.29, 0.717) is 0 Å². The van der Waals surface area contributed by atoms with Crippen molar-refractivity contribution in [2.45, 2.75) is 6.92 Å². The molecule has 5 heteroatoms. The first kappa shape index (κ1) is 13.2. The molecular weight excluding hydrogens is 220 g/mol. The molecule has 0 atom stereocenters. The van der Waals surface area contributed by atoms with E-state index < -0.39 is 5.97 Å². The minimum absolute atomic E-state index is 0.0255. The van der Waals surface area contributed by atoms with Gasteiger partial charge in [0.05, 0.1) is 20.2 Å². The zero-order valence-electron chi connectivity index (χ0n) is 9.95. The van der Waals surface area contributed by atoms with E-state index >= 15 is 0 Å². The van der Waals surface area contributed by atoms with E-state index in [1.165, 1.54) is 7.11 Å². The standard InChI is InChI=1S/C12H16N2O3/c1-9-4-3-5-10(6-9)14-11(15)7-13-8-12(16)17-2/h3-6,13H,7-8H2,1-2H3,(H,14,15). The molecule has 0 spiro atoms. The van der Waals surface area contributed by atoms with Crippen LogP contribution in [0.1, 0.15) is 5.56 Å². The molecule has 92 valence electrons. The third kappa shape index (κ3) is 5.12. The van der Waals surface area contributed by atoms with Crippen molar-refractivity contribution in [2.24, 2.45) is 0 Å². The lowest BCUT2D eigenvalue weighted by atomic mass is 10.2. The molecule has 0 radical (unpaired) electrons. The van der Waals surface area contributed by atoms with Gasteiger partial charge in [-0.05, 0) is 24.6 Å². The second kappa shape index (κ2) is 6.65. The molecule has 0 aromatic heterocycles. The zero-order valence-corrected chi connectivity index (χ0v) is 9.95. The van der Waals surface area contributed by atoms with Crippen molar-refractivity contribution in [1.29, 1.82) is 0 Å². The lowest BCUT2D eigenvalue weighted by molar-refractivity contribution is -0.139. The smallest absolute Gasteiger partial charge is 0.319 e. The molecular formula is C12H16N2O3. The number of carbonyl (C=O) groups is 2. The Kier molecular flexibility index (Phi) is 5.16. The first-order valence-corrected chi connectivity index (χ1v) is 5.26. The quantitative estimate of drug-likeness (QED) is 0.738. The summed E-state index contributed by atoms with van der Waals surface area (Å²) in [6.07, 6.45) is 0. The van der Waals surface area contributed by atoms with E-state index in [9.17, 15) is 9.59 Å². The molecule has 1 amide bonds. The zero-order chi connectivity index (χ0) is 12.7. The molecule has 17 heavy (non-hydrogen) atoms. The largest absolute Gasteiger partial charge is 0.468 e. The number of methoxy groups -OCH3 is 1. The van der Waals surface area contributed by atoms with Gasteiger partial charge in [-0.25, -0.2) is 0 Å². The van der Waals surface area contributed by atoms with E-state index in [-0.39, 0.29) is 19.0 Å². The number of anilines is 1. The molecule has 5 nitrogen and oxygen atoms in total. The van der Waals surface area contributed by atoms with Crippen molar-refractivity contribution in [3.05, 3.63) is 29.8 Å². The van der Waals surface area contributed by atoms with Crippen molar-refractivity contribution in [3.8, 4) is 0 Å². The number of carbonyl (C=O) groups excluding carboxylic acids is 2. The second-order valence-electron chi connectivity index (χ2n) is 3.60. The van der Waals surface area contributed by atoms with Gasteiger partial charge in [0.1, 0.15) is 0 Å². The van der Waals surface area contributed by atoms with E-state index in [0.717, 1.165) is 11.3 Å². The number of amides is 1. The molecule has 0 aliphatic rings. The van der Waals surface area contributed by atoms with Gasteiger partial charge >= 0.3 is 5.97 Å². The minimum Gasteiger partial charge on any atom is -0.468 e. The molecule has 0 saturated heterocycles. The fraction of sp³-hybridized carbons (Fsp3) is 0.333. The maximum atomic E-state index is 11.5. The Labute approximate surface area is 100 Å². The van der Waals surface area contributed by atoms with Crippen molar-refractivity contribution < 1.29 is 14.3 Å². The van der Waals surface area contributed by atoms with Gasteiger partial charge in [0.15, 0.2) is 0 Å². The summed E-state index contributed by atoms with van der Waals surface area (Å²) in [7, 11) is 1.30. The fourth-order valence-corrected chi connectivity index (χ4v) is 1.28. The van der Waals surface area contributed by atoms with Gasteiger partial charge in [0.2, 0.25) is 5.91 Å². The Morgan fingerprint density at radius 3 is 2.71 bits per heavy atom. The van der Waals surface area contributed by atoms with Crippen LogP contribution in [0.5, 0.6) is 0 Å². The third-order valence-electron chi connectivity index (χ3n) is 2.08. The van der Waals surface area contributed by atoms with E-state index in [1.54, 1.807) is 0 Å². The van der Waals surface area contributed by atoms with Gasteiger partial charge in [-0.2, -0.15) is 0 Å². The number of benzene rings is 1. The van der Waals surface area contributed by atoms with Crippen LogP contribution in [-0.4, -0.2) is 32.1 Å². The number of aryl methyl sites for hydroxylation is 1. The normalized spacial score (nSPS) is 9.76. The molecule has 0 saturated carbocycles. The molecule has 0 unspecified atom stereocenters.